The van der Waals surface area contributed by atoms with E-state index in [4.69, 9.17) is 0 Å². The average Bonchev–Trinajstić information content (AvgIpc) is 3.19. The Morgan fingerprint density at radius 3 is 2.76 bits per heavy atom. The molecule has 0 saturated carbocycles. The zero-order valence-electron chi connectivity index (χ0n) is 15.8. The molecule has 0 unspecified atom stereocenters. The number of hydrogen-bond acceptors (Lipinski definition) is 4. The van der Waals surface area contributed by atoms with Gasteiger partial charge in [0.25, 0.3) is 15.9 Å². The summed E-state index contributed by atoms with van der Waals surface area (Å²) in [7, 11) is -3.73. The third kappa shape index (κ3) is 4.00. The molecule has 1 amide bonds. The van der Waals surface area contributed by atoms with Crippen LogP contribution < -0.4 is 9.62 Å². The predicted molar refractivity (Wildman–Crippen MR) is 111 cm³/mol. The minimum atomic E-state index is -3.73. The zero-order chi connectivity index (χ0) is 20.3. The number of nitrogens with one attached hydrogen (secondary N) is 1. The molecule has 7 heteroatoms. The van der Waals surface area contributed by atoms with Gasteiger partial charge in [-0.05, 0) is 54.3 Å². The molecule has 0 saturated heterocycles. The summed E-state index contributed by atoms with van der Waals surface area (Å²) in [6.45, 7) is 0.851. The Labute approximate surface area is 170 Å². The van der Waals surface area contributed by atoms with Gasteiger partial charge >= 0.3 is 0 Å². The molecule has 1 N–H and O–H groups in total. The summed E-state index contributed by atoms with van der Waals surface area (Å²) >= 11 is 0. The number of fused-ring (bicyclic) bond motifs is 1. The van der Waals surface area contributed by atoms with Crippen molar-refractivity contribution in [3.63, 3.8) is 0 Å². The fourth-order valence-electron chi connectivity index (χ4n) is 3.45. The molecule has 0 spiro atoms. The highest BCUT2D eigenvalue weighted by molar-refractivity contribution is 7.92. The lowest BCUT2D eigenvalue weighted by atomic mass is 10.2. The molecule has 0 aliphatic carbocycles. The van der Waals surface area contributed by atoms with Gasteiger partial charge in [0.05, 0.1) is 10.6 Å². The number of amides is 1. The molecule has 1 aliphatic heterocycles. The molecule has 4 rings (SSSR count). The van der Waals surface area contributed by atoms with Gasteiger partial charge in [-0.2, -0.15) is 0 Å². The van der Waals surface area contributed by atoms with Gasteiger partial charge < -0.3 is 5.32 Å². The average molecular weight is 407 g/mol. The van der Waals surface area contributed by atoms with Crippen LogP contribution in [0.25, 0.3) is 0 Å². The maximum atomic E-state index is 13.2. The van der Waals surface area contributed by atoms with Crippen molar-refractivity contribution in [3.8, 4) is 0 Å². The van der Waals surface area contributed by atoms with Crippen LogP contribution in [0.2, 0.25) is 0 Å². The zero-order valence-corrected chi connectivity index (χ0v) is 16.6. The molecule has 0 radical (unpaired) electrons. The third-order valence-corrected chi connectivity index (χ3v) is 6.76. The minimum Gasteiger partial charge on any atom is -0.352 e. The van der Waals surface area contributed by atoms with Crippen molar-refractivity contribution in [2.75, 3.05) is 17.4 Å². The SMILES string of the molecule is O=C(NCCc1cccnc1)c1cccc(S(=O)(=O)N2CCc3ccccc32)c1. The number of hydrogen-bond donors (Lipinski definition) is 1. The first-order valence-corrected chi connectivity index (χ1v) is 10.9. The number of carbonyl (C=O) groups excluding carboxylic acids is 1. The van der Waals surface area contributed by atoms with Gasteiger partial charge in [-0.3, -0.25) is 14.1 Å². The van der Waals surface area contributed by atoms with E-state index in [1.807, 2.05) is 36.4 Å². The molecule has 0 fully saturated rings. The summed E-state index contributed by atoms with van der Waals surface area (Å²) in [6.07, 6.45) is 4.80. The van der Waals surface area contributed by atoms with Crippen LogP contribution in [0, 0.1) is 0 Å². The number of anilines is 1. The number of pyridine rings is 1. The quantitative estimate of drug-likeness (QED) is 0.681. The van der Waals surface area contributed by atoms with E-state index in [1.54, 1.807) is 24.5 Å². The Hall–Kier alpha value is -3.19. The minimum absolute atomic E-state index is 0.120. The largest absolute Gasteiger partial charge is 0.352 e. The van der Waals surface area contributed by atoms with E-state index >= 15 is 0 Å². The number of rotatable bonds is 6. The monoisotopic (exact) mass is 407 g/mol. The second-order valence-electron chi connectivity index (χ2n) is 6.85. The van der Waals surface area contributed by atoms with E-state index < -0.39 is 10.0 Å². The van der Waals surface area contributed by atoms with Crippen molar-refractivity contribution in [1.29, 1.82) is 0 Å². The van der Waals surface area contributed by atoms with Gasteiger partial charge in [0.15, 0.2) is 0 Å². The van der Waals surface area contributed by atoms with E-state index in [9.17, 15) is 13.2 Å². The molecule has 0 atom stereocenters. The number of aromatic nitrogens is 1. The van der Waals surface area contributed by atoms with Crippen LogP contribution in [0.5, 0.6) is 0 Å². The van der Waals surface area contributed by atoms with Crippen LogP contribution in [0.15, 0.2) is 78.0 Å². The Morgan fingerprint density at radius 2 is 1.93 bits per heavy atom. The van der Waals surface area contributed by atoms with Gasteiger partial charge in [-0.15, -0.1) is 0 Å². The topological polar surface area (TPSA) is 79.4 Å². The smallest absolute Gasteiger partial charge is 0.264 e. The maximum absolute atomic E-state index is 13.2. The Kier molecular flexibility index (Phi) is 5.31. The second kappa shape index (κ2) is 8.05. The third-order valence-electron chi connectivity index (χ3n) is 4.95. The summed E-state index contributed by atoms with van der Waals surface area (Å²) in [5.41, 5.74) is 3.07. The van der Waals surface area contributed by atoms with Crippen LogP contribution >= 0.6 is 0 Å². The van der Waals surface area contributed by atoms with Gasteiger partial charge in [0.1, 0.15) is 0 Å². The molecule has 29 heavy (non-hydrogen) atoms. The highest BCUT2D eigenvalue weighted by Gasteiger charge is 2.30. The molecule has 1 aromatic heterocycles. The van der Waals surface area contributed by atoms with E-state index in [1.165, 1.54) is 16.4 Å². The molecule has 148 valence electrons. The molecule has 1 aliphatic rings. The first kappa shape index (κ1) is 19.1. The van der Waals surface area contributed by atoms with Crippen molar-refractivity contribution in [1.82, 2.24) is 10.3 Å². The van der Waals surface area contributed by atoms with Crippen LogP contribution in [0.4, 0.5) is 5.69 Å². The van der Waals surface area contributed by atoms with Gasteiger partial charge in [0, 0.05) is 31.0 Å². The van der Waals surface area contributed by atoms with Crippen LogP contribution in [0.1, 0.15) is 21.5 Å². The van der Waals surface area contributed by atoms with E-state index in [-0.39, 0.29) is 10.8 Å². The lowest BCUT2D eigenvalue weighted by Crippen LogP contribution is -2.30. The summed E-state index contributed by atoms with van der Waals surface area (Å²) in [4.78, 5) is 16.7. The fourth-order valence-corrected chi connectivity index (χ4v) is 5.00. The number of para-hydroxylation sites is 1. The van der Waals surface area contributed by atoms with Crippen molar-refractivity contribution in [3.05, 3.63) is 89.7 Å². The highest BCUT2D eigenvalue weighted by atomic mass is 32.2. The van der Waals surface area contributed by atoms with Gasteiger partial charge in [-0.25, -0.2) is 8.42 Å². The first-order chi connectivity index (χ1) is 14.1. The lowest BCUT2D eigenvalue weighted by Gasteiger charge is -2.20. The van der Waals surface area contributed by atoms with Crippen molar-refractivity contribution < 1.29 is 13.2 Å². The number of benzene rings is 2. The second-order valence-corrected chi connectivity index (χ2v) is 8.71. The standard InChI is InChI=1S/C22H21N3O3S/c26-22(24-13-10-17-5-4-12-23-16-17)19-7-3-8-20(15-19)29(27,28)25-14-11-18-6-1-2-9-21(18)25/h1-9,12,15-16H,10-11,13-14H2,(H,24,26). The van der Waals surface area contributed by atoms with E-state index in [0.29, 0.717) is 37.2 Å². The van der Waals surface area contributed by atoms with Crippen LogP contribution in [-0.4, -0.2) is 32.4 Å². The molecule has 2 aromatic carbocycles. The van der Waals surface area contributed by atoms with Crippen molar-refractivity contribution in [2.45, 2.75) is 17.7 Å². The number of carbonyl (C=O) groups is 1. The Morgan fingerprint density at radius 1 is 1.07 bits per heavy atom. The lowest BCUT2D eigenvalue weighted by molar-refractivity contribution is 0.0954. The van der Waals surface area contributed by atoms with Crippen molar-refractivity contribution in [2.24, 2.45) is 0 Å². The van der Waals surface area contributed by atoms with E-state index in [0.717, 1.165) is 11.1 Å². The molecule has 0 bridgehead atoms. The number of sulfonamides is 1. The van der Waals surface area contributed by atoms with Crippen molar-refractivity contribution >= 4 is 21.6 Å². The highest BCUT2D eigenvalue weighted by Crippen LogP contribution is 2.32. The molecular formula is C22H21N3O3S. The molecule has 2 heterocycles. The van der Waals surface area contributed by atoms with Gasteiger partial charge in [0.2, 0.25) is 0 Å². The first-order valence-electron chi connectivity index (χ1n) is 9.43. The molecule has 6 nitrogen and oxygen atoms in total. The van der Waals surface area contributed by atoms with Crippen LogP contribution in [0.3, 0.4) is 0 Å². The maximum Gasteiger partial charge on any atom is 0.264 e. The Bertz CT molecular complexity index is 1130. The Balaban J connectivity index is 1.49. The van der Waals surface area contributed by atoms with Gasteiger partial charge in [-0.1, -0.05) is 30.3 Å². The normalized spacial score (nSPS) is 13.2. The molecular weight excluding hydrogens is 386 g/mol. The summed E-state index contributed by atoms with van der Waals surface area (Å²) in [5, 5.41) is 2.84. The summed E-state index contributed by atoms with van der Waals surface area (Å²) < 4.78 is 27.7. The predicted octanol–water partition coefficient (Wildman–Crippen LogP) is 2.81. The van der Waals surface area contributed by atoms with Crippen LogP contribution in [-0.2, 0) is 22.9 Å². The molecule has 3 aromatic rings. The number of nitrogens with zero attached hydrogens (tertiary/aromatic N) is 2. The summed E-state index contributed by atoms with van der Waals surface area (Å²) in [5.74, 6) is -0.298. The fraction of sp³-hybridized carbons (Fsp3) is 0.182. The summed E-state index contributed by atoms with van der Waals surface area (Å²) in [6, 6.07) is 17.5. The van der Waals surface area contributed by atoms with E-state index in [2.05, 4.69) is 10.3 Å².